The average Bonchev–Trinajstić information content (AvgIpc) is 2.86. The van der Waals surface area contributed by atoms with E-state index in [1.807, 2.05) is 24.3 Å². The van der Waals surface area contributed by atoms with Crippen LogP contribution in [0.25, 0.3) is 0 Å². The Balaban J connectivity index is 1.63. The third-order valence-electron chi connectivity index (χ3n) is 6.90. The van der Waals surface area contributed by atoms with E-state index in [0.717, 1.165) is 18.7 Å². The molecule has 1 unspecified atom stereocenters. The van der Waals surface area contributed by atoms with Gasteiger partial charge < -0.3 is 14.0 Å². The van der Waals surface area contributed by atoms with Crippen molar-refractivity contribution in [3.05, 3.63) is 65.7 Å². The summed E-state index contributed by atoms with van der Waals surface area (Å²) < 4.78 is 12.4. The van der Waals surface area contributed by atoms with Gasteiger partial charge in [-0.15, -0.1) is 0 Å². The van der Waals surface area contributed by atoms with Crippen LogP contribution in [0.5, 0.6) is 5.75 Å². The van der Waals surface area contributed by atoms with E-state index < -0.39 is 0 Å². The molecular weight excluding hydrogens is 458 g/mol. The molecule has 0 aliphatic heterocycles. The highest BCUT2D eigenvalue weighted by atomic mass is 16.5. The number of carbonyl (C=O) groups excluding carboxylic acids is 1. The SMILES string of the molecule is CCCCCCCCCCCCc1ccccc1OC(C)CCOC(=O)C[N+](C)(C)Cc1ccccc1. The van der Waals surface area contributed by atoms with E-state index >= 15 is 0 Å². The summed E-state index contributed by atoms with van der Waals surface area (Å²) in [6, 6.07) is 18.7. The molecule has 0 spiro atoms. The monoisotopic (exact) mass is 510 g/mol. The van der Waals surface area contributed by atoms with Crippen molar-refractivity contribution >= 4 is 5.97 Å². The van der Waals surface area contributed by atoms with Crippen molar-refractivity contribution in [3.63, 3.8) is 0 Å². The molecule has 0 bridgehead atoms. The lowest BCUT2D eigenvalue weighted by Crippen LogP contribution is -2.43. The van der Waals surface area contributed by atoms with E-state index in [4.69, 9.17) is 9.47 Å². The number of unbranched alkanes of at least 4 members (excludes halogenated alkanes) is 9. The second-order valence-electron chi connectivity index (χ2n) is 11.2. The van der Waals surface area contributed by atoms with E-state index in [1.54, 1.807) is 0 Å². The summed E-state index contributed by atoms with van der Waals surface area (Å²) >= 11 is 0. The Bertz CT molecular complexity index is 865. The molecule has 0 aliphatic rings. The molecule has 0 radical (unpaired) electrons. The predicted molar refractivity (Wildman–Crippen MR) is 155 cm³/mol. The topological polar surface area (TPSA) is 35.5 Å². The summed E-state index contributed by atoms with van der Waals surface area (Å²) in [5, 5.41) is 0. The number of rotatable bonds is 20. The van der Waals surface area contributed by atoms with Crippen molar-refractivity contribution in [1.82, 2.24) is 0 Å². The summed E-state index contributed by atoms with van der Waals surface area (Å²) in [6.45, 7) is 5.86. The summed E-state index contributed by atoms with van der Waals surface area (Å²) in [7, 11) is 4.12. The highest BCUT2D eigenvalue weighted by Crippen LogP contribution is 2.23. The van der Waals surface area contributed by atoms with Crippen LogP contribution in [0.1, 0.15) is 95.6 Å². The summed E-state index contributed by atoms with van der Waals surface area (Å²) in [5.41, 5.74) is 2.50. The largest absolute Gasteiger partial charge is 0.490 e. The Kier molecular flexibility index (Phi) is 15.0. The van der Waals surface area contributed by atoms with Crippen LogP contribution in [0.15, 0.2) is 54.6 Å². The first kappa shape index (κ1) is 30.9. The van der Waals surface area contributed by atoms with E-state index in [1.165, 1.54) is 75.3 Å². The maximum Gasteiger partial charge on any atom is 0.361 e. The highest BCUT2D eigenvalue weighted by Gasteiger charge is 2.22. The lowest BCUT2D eigenvalue weighted by molar-refractivity contribution is -0.896. The van der Waals surface area contributed by atoms with Crippen molar-refractivity contribution in [2.75, 3.05) is 27.2 Å². The minimum atomic E-state index is -0.158. The second kappa shape index (κ2) is 18.0. The van der Waals surface area contributed by atoms with Gasteiger partial charge in [0.15, 0.2) is 6.54 Å². The van der Waals surface area contributed by atoms with Crippen molar-refractivity contribution < 1.29 is 18.8 Å². The van der Waals surface area contributed by atoms with Crippen LogP contribution in [0.3, 0.4) is 0 Å². The molecule has 2 rings (SSSR count). The zero-order valence-corrected chi connectivity index (χ0v) is 24.1. The molecule has 4 nitrogen and oxygen atoms in total. The van der Waals surface area contributed by atoms with Gasteiger partial charge in [-0.05, 0) is 31.4 Å². The third kappa shape index (κ3) is 14.3. The van der Waals surface area contributed by atoms with Crippen LogP contribution in [-0.2, 0) is 22.5 Å². The zero-order valence-electron chi connectivity index (χ0n) is 24.1. The molecule has 0 aromatic heterocycles. The number of likely N-dealkylation sites (N-methyl/N-ethyl adjacent to an activating group) is 1. The number of nitrogens with zero attached hydrogens (tertiary/aromatic N) is 1. The molecule has 37 heavy (non-hydrogen) atoms. The maximum absolute atomic E-state index is 12.4. The molecule has 4 heteroatoms. The Hall–Kier alpha value is -2.33. The van der Waals surface area contributed by atoms with Gasteiger partial charge in [-0.1, -0.05) is 113 Å². The van der Waals surface area contributed by atoms with Gasteiger partial charge in [0.2, 0.25) is 0 Å². The lowest BCUT2D eigenvalue weighted by Gasteiger charge is -2.28. The van der Waals surface area contributed by atoms with Crippen LogP contribution in [0.4, 0.5) is 0 Å². The van der Waals surface area contributed by atoms with Crippen LogP contribution in [0.2, 0.25) is 0 Å². The Morgan fingerprint density at radius 1 is 0.811 bits per heavy atom. The van der Waals surface area contributed by atoms with Gasteiger partial charge in [0.05, 0.1) is 26.8 Å². The van der Waals surface area contributed by atoms with Gasteiger partial charge in [-0.25, -0.2) is 4.79 Å². The van der Waals surface area contributed by atoms with Gasteiger partial charge >= 0.3 is 5.97 Å². The third-order valence-corrected chi connectivity index (χ3v) is 6.90. The number of hydrogen-bond donors (Lipinski definition) is 0. The number of quaternary nitrogens is 1. The summed E-state index contributed by atoms with van der Waals surface area (Å²) in [5.74, 6) is 0.812. The molecule has 0 saturated heterocycles. The van der Waals surface area contributed by atoms with Gasteiger partial charge in [0, 0.05) is 12.0 Å². The van der Waals surface area contributed by atoms with E-state index in [9.17, 15) is 4.79 Å². The normalized spacial score (nSPS) is 12.3. The fraction of sp³-hybridized carbons (Fsp3) is 0.606. The fourth-order valence-corrected chi connectivity index (χ4v) is 4.77. The first-order chi connectivity index (χ1) is 17.9. The molecule has 0 amide bonds. The van der Waals surface area contributed by atoms with E-state index in [2.05, 4.69) is 58.3 Å². The average molecular weight is 511 g/mol. The first-order valence-corrected chi connectivity index (χ1v) is 14.7. The molecule has 0 fully saturated rings. The molecule has 2 aromatic rings. The number of esters is 1. The molecule has 0 aliphatic carbocycles. The first-order valence-electron chi connectivity index (χ1n) is 14.7. The fourth-order valence-electron chi connectivity index (χ4n) is 4.77. The number of carbonyl (C=O) groups is 1. The van der Waals surface area contributed by atoms with Gasteiger partial charge in [-0.2, -0.15) is 0 Å². The van der Waals surface area contributed by atoms with Crippen LogP contribution >= 0.6 is 0 Å². The van der Waals surface area contributed by atoms with Gasteiger partial charge in [-0.3, -0.25) is 0 Å². The van der Waals surface area contributed by atoms with Crippen molar-refractivity contribution in [2.24, 2.45) is 0 Å². The molecule has 0 saturated carbocycles. The predicted octanol–water partition coefficient (Wildman–Crippen LogP) is 8.13. The quantitative estimate of drug-likeness (QED) is 0.102. The smallest absolute Gasteiger partial charge is 0.361 e. The molecular formula is C33H52NO3+. The Morgan fingerprint density at radius 2 is 1.41 bits per heavy atom. The molecule has 1 atom stereocenters. The zero-order chi connectivity index (χ0) is 26.8. The maximum atomic E-state index is 12.4. The number of benzene rings is 2. The van der Waals surface area contributed by atoms with Gasteiger partial charge in [0.1, 0.15) is 12.3 Å². The van der Waals surface area contributed by atoms with Crippen molar-refractivity contribution in [2.45, 2.75) is 104 Å². The van der Waals surface area contributed by atoms with Crippen LogP contribution in [-0.4, -0.2) is 43.8 Å². The molecule has 0 heterocycles. The van der Waals surface area contributed by atoms with Gasteiger partial charge in [0.25, 0.3) is 0 Å². The highest BCUT2D eigenvalue weighted by molar-refractivity contribution is 5.70. The molecule has 206 valence electrons. The number of para-hydroxylation sites is 1. The molecule has 2 aromatic carbocycles. The number of ether oxygens (including phenoxy) is 2. The summed E-state index contributed by atoms with van der Waals surface area (Å²) in [6.07, 6.45) is 15.2. The second-order valence-corrected chi connectivity index (χ2v) is 11.2. The van der Waals surface area contributed by atoms with E-state index in [-0.39, 0.29) is 12.1 Å². The lowest BCUT2D eigenvalue weighted by atomic mass is 10.0. The standard InChI is InChI=1S/C33H52NO3/c1-5-6-7-8-9-10-11-12-13-17-22-31-23-18-19-24-32(31)37-29(2)25-26-36-33(35)28-34(3,4)27-30-20-15-14-16-21-30/h14-16,18-21,23-24,29H,5-13,17,22,25-28H2,1-4H3/q+1. The molecule has 0 N–H and O–H groups in total. The Labute approximate surface area is 227 Å². The van der Waals surface area contributed by atoms with Crippen LogP contribution in [0, 0.1) is 0 Å². The van der Waals surface area contributed by atoms with Crippen molar-refractivity contribution in [3.8, 4) is 5.75 Å². The van der Waals surface area contributed by atoms with Crippen molar-refractivity contribution in [1.29, 1.82) is 0 Å². The number of hydrogen-bond acceptors (Lipinski definition) is 3. The summed E-state index contributed by atoms with van der Waals surface area (Å²) in [4.78, 5) is 12.4. The minimum absolute atomic E-state index is 0.00604. The Morgan fingerprint density at radius 3 is 2.08 bits per heavy atom. The minimum Gasteiger partial charge on any atom is -0.490 e. The number of aryl methyl sites for hydroxylation is 1. The van der Waals surface area contributed by atoms with Crippen LogP contribution < -0.4 is 4.74 Å². The van der Waals surface area contributed by atoms with E-state index in [0.29, 0.717) is 24.1 Å².